The quantitative estimate of drug-likeness (QED) is 0.631. The van der Waals surface area contributed by atoms with Crippen molar-refractivity contribution in [3.63, 3.8) is 0 Å². The maximum absolute atomic E-state index is 5.99. The van der Waals surface area contributed by atoms with Gasteiger partial charge in [0.15, 0.2) is 11.6 Å². The number of hydrogen-bond donors (Lipinski definition) is 2. The number of nitrogen functional groups attached to an aromatic ring is 1. The second-order valence-electron chi connectivity index (χ2n) is 4.65. The zero-order chi connectivity index (χ0) is 15.7. The fraction of sp³-hybridized carbons (Fsp3) is 0.714. The Hall–Kier alpha value is -1.60. The van der Waals surface area contributed by atoms with Gasteiger partial charge in [-0.1, -0.05) is 13.8 Å². The molecule has 21 heavy (non-hydrogen) atoms. The number of rotatable bonds is 10. The molecule has 7 nitrogen and oxygen atoms in total. The van der Waals surface area contributed by atoms with Crippen LogP contribution in [0.15, 0.2) is 0 Å². The number of anilines is 2. The number of nitrogens with zero attached hydrogens (tertiary/aromatic N) is 3. The lowest BCUT2D eigenvalue weighted by Gasteiger charge is -2.18. The molecule has 1 aromatic heterocycles. The molecule has 0 unspecified atom stereocenters. The highest BCUT2D eigenvalue weighted by atomic mass is 16.5. The summed E-state index contributed by atoms with van der Waals surface area (Å²) in [6.07, 6.45) is 1.02. The predicted molar refractivity (Wildman–Crippen MR) is 84.6 cm³/mol. The van der Waals surface area contributed by atoms with E-state index in [-0.39, 0.29) is 0 Å². The normalized spacial score (nSPS) is 10.9. The molecule has 120 valence electrons. The van der Waals surface area contributed by atoms with Gasteiger partial charge in [-0.3, -0.25) is 0 Å². The predicted octanol–water partition coefficient (Wildman–Crippen LogP) is 1.36. The minimum Gasteiger partial charge on any atom is -0.479 e. The fourth-order valence-corrected chi connectivity index (χ4v) is 2.03. The molecule has 7 heteroatoms. The molecule has 0 saturated carbocycles. The van der Waals surface area contributed by atoms with Crippen LogP contribution in [0.5, 0.6) is 5.88 Å². The highest BCUT2D eigenvalue weighted by Crippen LogP contribution is 2.25. The molecule has 1 aromatic rings. The molecule has 0 saturated heterocycles. The van der Waals surface area contributed by atoms with Crippen molar-refractivity contribution in [2.24, 2.45) is 0 Å². The van der Waals surface area contributed by atoms with Crippen LogP contribution in [0.4, 0.5) is 11.5 Å². The third kappa shape index (κ3) is 5.35. The van der Waals surface area contributed by atoms with Gasteiger partial charge in [0, 0.05) is 13.7 Å². The Morgan fingerprint density at radius 3 is 2.48 bits per heavy atom. The van der Waals surface area contributed by atoms with Gasteiger partial charge in [-0.15, -0.1) is 0 Å². The van der Waals surface area contributed by atoms with Gasteiger partial charge < -0.3 is 25.4 Å². The lowest BCUT2D eigenvalue weighted by Crippen LogP contribution is -2.25. The molecule has 3 N–H and O–H groups in total. The van der Waals surface area contributed by atoms with E-state index in [9.17, 15) is 0 Å². The molecule has 0 spiro atoms. The summed E-state index contributed by atoms with van der Waals surface area (Å²) in [6, 6.07) is 0. The monoisotopic (exact) mass is 297 g/mol. The van der Waals surface area contributed by atoms with Crippen LogP contribution in [0.25, 0.3) is 0 Å². The third-order valence-electron chi connectivity index (χ3n) is 3.26. The topological polar surface area (TPSA) is 85.5 Å². The van der Waals surface area contributed by atoms with Crippen LogP contribution in [0.1, 0.15) is 26.1 Å². The number of nitrogens with two attached hydrogens (primary N) is 1. The standard InChI is InChI=1S/C14H27N5O2/c1-5-19(6-2)9-7-8-16-13-12(15)14(21-4)18-11(17-13)10-20-3/h5-10,15H2,1-4H3,(H,16,17,18). The average molecular weight is 297 g/mol. The zero-order valence-electron chi connectivity index (χ0n) is 13.5. The van der Waals surface area contributed by atoms with E-state index in [4.69, 9.17) is 15.2 Å². The summed E-state index contributed by atoms with van der Waals surface area (Å²) in [4.78, 5) is 10.9. The highest BCUT2D eigenvalue weighted by molar-refractivity contribution is 5.66. The van der Waals surface area contributed by atoms with E-state index in [1.807, 2.05) is 0 Å². The van der Waals surface area contributed by atoms with Gasteiger partial charge in [0.1, 0.15) is 12.3 Å². The summed E-state index contributed by atoms with van der Waals surface area (Å²) in [5.41, 5.74) is 6.42. The van der Waals surface area contributed by atoms with E-state index in [0.717, 1.165) is 32.6 Å². The Kier molecular flexibility index (Phi) is 7.78. The van der Waals surface area contributed by atoms with E-state index in [2.05, 4.69) is 34.0 Å². The third-order valence-corrected chi connectivity index (χ3v) is 3.26. The number of aromatic nitrogens is 2. The van der Waals surface area contributed by atoms with Crippen molar-refractivity contribution >= 4 is 11.5 Å². The minimum absolute atomic E-state index is 0.324. The van der Waals surface area contributed by atoms with Crippen molar-refractivity contribution in [2.45, 2.75) is 26.9 Å². The summed E-state index contributed by atoms with van der Waals surface area (Å²) < 4.78 is 10.2. The molecule has 1 heterocycles. The molecule has 0 fully saturated rings. The van der Waals surface area contributed by atoms with Crippen LogP contribution in [0, 0.1) is 0 Å². The molecule has 0 aliphatic rings. The number of ether oxygens (including phenoxy) is 2. The van der Waals surface area contributed by atoms with Gasteiger partial charge in [0.05, 0.1) is 7.11 Å². The van der Waals surface area contributed by atoms with Crippen LogP contribution in [-0.4, -0.2) is 55.3 Å². The van der Waals surface area contributed by atoms with Gasteiger partial charge in [-0.2, -0.15) is 4.98 Å². The summed E-state index contributed by atoms with van der Waals surface area (Å²) in [6.45, 7) is 8.64. The van der Waals surface area contributed by atoms with Crippen molar-refractivity contribution in [3.05, 3.63) is 5.82 Å². The highest BCUT2D eigenvalue weighted by Gasteiger charge is 2.12. The smallest absolute Gasteiger partial charge is 0.242 e. The van der Waals surface area contributed by atoms with Gasteiger partial charge >= 0.3 is 0 Å². The Morgan fingerprint density at radius 2 is 1.90 bits per heavy atom. The summed E-state index contributed by atoms with van der Waals surface area (Å²) in [5.74, 6) is 1.53. The second-order valence-corrected chi connectivity index (χ2v) is 4.65. The second kappa shape index (κ2) is 9.36. The molecule has 0 radical (unpaired) electrons. The first-order chi connectivity index (χ1) is 10.2. The molecular formula is C14H27N5O2. The van der Waals surface area contributed by atoms with Gasteiger partial charge in [0.25, 0.3) is 0 Å². The Morgan fingerprint density at radius 1 is 1.19 bits per heavy atom. The summed E-state index contributed by atoms with van der Waals surface area (Å²) in [5, 5.41) is 3.25. The lowest BCUT2D eigenvalue weighted by molar-refractivity contribution is 0.177. The van der Waals surface area contributed by atoms with Crippen molar-refractivity contribution < 1.29 is 9.47 Å². The Bertz CT molecular complexity index is 424. The Balaban J connectivity index is 2.62. The molecule has 0 amide bonds. The van der Waals surface area contributed by atoms with Crippen LogP contribution in [-0.2, 0) is 11.3 Å². The number of nitrogens with one attached hydrogen (secondary N) is 1. The molecule has 1 rings (SSSR count). The van der Waals surface area contributed by atoms with Crippen molar-refractivity contribution in [1.82, 2.24) is 14.9 Å². The minimum atomic E-state index is 0.324. The van der Waals surface area contributed by atoms with E-state index in [1.54, 1.807) is 14.2 Å². The molecule has 0 atom stereocenters. The van der Waals surface area contributed by atoms with E-state index < -0.39 is 0 Å². The molecular weight excluding hydrogens is 270 g/mol. The Labute approximate surface area is 126 Å². The maximum Gasteiger partial charge on any atom is 0.242 e. The van der Waals surface area contributed by atoms with Crippen molar-refractivity contribution in [3.8, 4) is 5.88 Å². The van der Waals surface area contributed by atoms with Crippen LogP contribution < -0.4 is 15.8 Å². The first-order valence-electron chi connectivity index (χ1n) is 7.31. The van der Waals surface area contributed by atoms with Crippen LogP contribution in [0.3, 0.4) is 0 Å². The van der Waals surface area contributed by atoms with E-state index >= 15 is 0 Å². The zero-order valence-corrected chi connectivity index (χ0v) is 13.5. The van der Waals surface area contributed by atoms with Crippen molar-refractivity contribution in [1.29, 1.82) is 0 Å². The van der Waals surface area contributed by atoms with Gasteiger partial charge in [0.2, 0.25) is 5.88 Å². The van der Waals surface area contributed by atoms with E-state index in [0.29, 0.717) is 29.8 Å². The summed E-state index contributed by atoms with van der Waals surface area (Å²) >= 11 is 0. The van der Waals surface area contributed by atoms with Crippen LogP contribution in [0.2, 0.25) is 0 Å². The van der Waals surface area contributed by atoms with Crippen molar-refractivity contribution in [2.75, 3.05) is 51.4 Å². The number of hydrogen-bond acceptors (Lipinski definition) is 7. The molecule has 0 aliphatic heterocycles. The lowest BCUT2D eigenvalue weighted by atomic mass is 10.3. The molecule has 0 bridgehead atoms. The van der Waals surface area contributed by atoms with Gasteiger partial charge in [-0.25, -0.2) is 4.98 Å². The maximum atomic E-state index is 5.99. The van der Waals surface area contributed by atoms with Crippen LogP contribution >= 0.6 is 0 Å². The number of methoxy groups -OCH3 is 2. The summed E-state index contributed by atoms with van der Waals surface area (Å²) in [7, 11) is 3.14. The van der Waals surface area contributed by atoms with E-state index in [1.165, 1.54) is 0 Å². The first-order valence-corrected chi connectivity index (χ1v) is 7.31. The fourth-order valence-electron chi connectivity index (χ4n) is 2.03. The van der Waals surface area contributed by atoms with Gasteiger partial charge in [-0.05, 0) is 26.1 Å². The largest absolute Gasteiger partial charge is 0.479 e. The molecule has 0 aliphatic carbocycles. The molecule has 0 aromatic carbocycles. The average Bonchev–Trinajstić information content (AvgIpc) is 2.50. The SMILES string of the molecule is CCN(CC)CCCNc1nc(COC)nc(OC)c1N. The first kappa shape index (κ1) is 17.5.